The molecule has 4 aromatic rings. The molecule has 0 aliphatic carbocycles. The molecule has 0 spiro atoms. The minimum atomic E-state index is -0.353. The molecule has 0 atom stereocenters. The summed E-state index contributed by atoms with van der Waals surface area (Å²) < 4.78 is 10.6. The number of carbonyl (C=O) groups excluding carboxylic acids is 1. The number of fused-ring (bicyclic) bond motifs is 1. The van der Waals surface area contributed by atoms with Crippen molar-refractivity contribution in [3.05, 3.63) is 63.6 Å². The van der Waals surface area contributed by atoms with Crippen LogP contribution >= 0.6 is 34.3 Å². The highest BCUT2D eigenvalue weighted by molar-refractivity contribution is 7.20. The highest BCUT2D eigenvalue weighted by atomic mass is 35.5. The van der Waals surface area contributed by atoms with Gasteiger partial charge in [0.05, 0.1) is 29.6 Å². The quantitative estimate of drug-likeness (QED) is 0.304. The normalized spacial score (nSPS) is 10.9. The van der Waals surface area contributed by atoms with Gasteiger partial charge in [0, 0.05) is 22.4 Å². The molecular weight excluding hydrogens is 416 g/mol. The number of rotatable bonds is 6. The lowest BCUT2D eigenvalue weighted by molar-refractivity contribution is -0.144. The molecule has 0 aliphatic rings. The van der Waals surface area contributed by atoms with Crippen molar-refractivity contribution in [3.63, 3.8) is 0 Å². The van der Waals surface area contributed by atoms with Gasteiger partial charge in [-0.1, -0.05) is 17.7 Å². The molecule has 0 aliphatic heterocycles. The monoisotopic (exact) mass is 430 g/mol. The van der Waals surface area contributed by atoms with Gasteiger partial charge >= 0.3 is 5.97 Å². The summed E-state index contributed by atoms with van der Waals surface area (Å²) in [5.41, 5.74) is 2.08. The Morgan fingerprint density at radius 3 is 2.86 bits per heavy atom. The van der Waals surface area contributed by atoms with Crippen LogP contribution < -0.4 is 4.74 Å². The van der Waals surface area contributed by atoms with Crippen molar-refractivity contribution in [2.75, 3.05) is 7.11 Å². The lowest BCUT2D eigenvalue weighted by Crippen LogP contribution is -2.08. The maximum Gasteiger partial charge on any atom is 0.312 e. The SMILES string of the molecule is COc1ccc2cc(COC(=O)Cc3csc(-c4cccs4)n3)c(Cl)nc2c1. The van der Waals surface area contributed by atoms with Gasteiger partial charge in [0.15, 0.2) is 0 Å². The van der Waals surface area contributed by atoms with Gasteiger partial charge in [0.25, 0.3) is 0 Å². The number of esters is 1. The van der Waals surface area contributed by atoms with E-state index in [0.717, 1.165) is 20.8 Å². The Morgan fingerprint density at radius 1 is 1.18 bits per heavy atom. The van der Waals surface area contributed by atoms with Crippen LogP contribution in [-0.4, -0.2) is 23.0 Å². The number of hydrogen-bond acceptors (Lipinski definition) is 7. The van der Waals surface area contributed by atoms with Crippen molar-refractivity contribution in [3.8, 4) is 15.6 Å². The van der Waals surface area contributed by atoms with Gasteiger partial charge < -0.3 is 9.47 Å². The number of thiazole rings is 1. The van der Waals surface area contributed by atoms with E-state index in [2.05, 4.69) is 9.97 Å². The number of halogens is 1. The molecule has 8 heteroatoms. The Kier molecular flexibility index (Phi) is 5.57. The average Bonchev–Trinajstić information content (AvgIpc) is 3.37. The van der Waals surface area contributed by atoms with Gasteiger partial charge in [-0.15, -0.1) is 22.7 Å². The second kappa shape index (κ2) is 8.26. The Morgan fingerprint density at radius 2 is 2.07 bits per heavy atom. The van der Waals surface area contributed by atoms with Crippen molar-refractivity contribution in [1.29, 1.82) is 0 Å². The summed E-state index contributed by atoms with van der Waals surface area (Å²) in [6, 6.07) is 11.4. The molecular formula is C20H15ClN2O3S2. The van der Waals surface area contributed by atoms with Gasteiger partial charge in [0.2, 0.25) is 0 Å². The van der Waals surface area contributed by atoms with Gasteiger partial charge in [0.1, 0.15) is 22.5 Å². The van der Waals surface area contributed by atoms with Gasteiger partial charge in [-0.25, -0.2) is 9.97 Å². The van der Waals surface area contributed by atoms with Crippen molar-refractivity contribution in [2.45, 2.75) is 13.0 Å². The lowest BCUT2D eigenvalue weighted by atomic mass is 10.1. The number of hydrogen-bond donors (Lipinski definition) is 0. The Hall–Kier alpha value is -2.48. The zero-order valence-corrected chi connectivity index (χ0v) is 17.2. The first-order valence-corrected chi connectivity index (χ1v) is 10.5. The summed E-state index contributed by atoms with van der Waals surface area (Å²) in [6.07, 6.45) is 0.123. The minimum absolute atomic E-state index is 0.0640. The molecule has 0 fully saturated rings. The number of nitrogens with zero attached hydrogens (tertiary/aromatic N) is 2. The Labute approximate surface area is 174 Å². The van der Waals surface area contributed by atoms with E-state index in [9.17, 15) is 4.79 Å². The van der Waals surface area contributed by atoms with Gasteiger partial charge in [-0.05, 0) is 29.6 Å². The van der Waals surface area contributed by atoms with Crippen molar-refractivity contribution < 1.29 is 14.3 Å². The van der Waals surface area contributed by atoms with E-state index >= 15 is 0 Å². The summed E-state index contributed by atoms with van der Waals surface area (Å²) in [4.78, 5) is 22.2. The second-order valence-electron chi connectivity index (χ2n) is 5.96. The van der Waals surface area contributed by atoms with Crippen molar-refractivity contribution >= 4 is 51.1 Å². The van der Waals surface area contributed by atoms with Gasteiger partial charge in [-0.3, -0.25) is 4.79 Å². The molecule has 0 radical (unpaired) electrons. The molecule has 0 bridgehead atoms. The van der Waals surface area contributed by atoms with E-state index in [1.165, 1.54) is 11.3 Å². The fraction of sp³-hybridized carbons (Fsp3) is 0.150. The van der Waals surface area contributed by atoms with E-state index < -0.39 is 0 Å². The maximum atomic E-state index is 12.2. The molecule has 5 nitrogen and oxygen atoms in total. The molecule has 0 saturated carbocycles. The third-order valence-electron chi connectivity index (χ3n) is 4.05. The van der Waals surface area contributed by atoms with Crippen LogP contribution in [0.15, 0.2) is 47.2 Å². The van der Waals surface area contributed by atoms with Gasteiger partial charge in [-0.2, -0.15) is 0 Å². The molecule has 28 heavy (non-hydrogen) atoms. The number of carbonyl (C=O) groups is 1. The third-order valence-corrected chi connectivity index (χ3v) is 6.31. The summed E-state index contributed by atoms with van der Waals surface area (Å²) in [7, 11) is 1.60. The fourth-order valence-corrected chi connectivity index (χ4v) is 4.49. The molecule has 3 aromatic heterocycles. The standard InChI is InChI=1S/C20H15ClN2O3S2/c1-25-15-5-4-12-7-13(19(21)23-16(12)9-15)10-26-18(24)8-14-11-28-20(22-14)17-3-2-6-27-17/h2-7,9,11H,8,10H2,1H3. The van der Waals surface area contributed by atoms with E-state index in [4.69, 9.17) is 21.1 Å². The van der Waals surface area contributed by atoms with Crippen LogP contribution in [0, 0.1) is 0 Å². The van der Waals surface area contributed by atoms with Crippen LogP contribution in [0.25, 0.3) is 20.8 Å². The first-order valence-electron chi connectivity index (χ1n) is 8.39. The predicted octanol–water partition coefficient (Wildman–Crippen LogP) is 5.37. The number of thiophene rings is 1. The Balaban J connectivity index is 1.41. The molecule has 142 valence electrons. The van der Waals surface area contributed by atoms with Crippen LogP contribution in [-0.2, 0) is 22.6 Å². The molecule has 4 rings (SSSR count). The fourth-order valence-electron chi connectivity index (χ4n) is 2.65. The van der Waals surface area contributed by atoms with Crippen LogP contribution in [0.5, 0.6) is 5.75 Å². The van der Waals surface area contributed by atoms with Crippen molar-refractivity contribution in [2.24, 2.45) is 0 Å². The summed E-state index contributed by atoms with van der Waals surface area (Å²) in [6.45, 7) is 0.0640. The van der Waals surface area contributed by atoms with E-state index in [1.54, 1.807) is 18.4 Å². The lowest BCUT2D eigenvalue weighted by Gasteiger charge is -2.08. The molecule has 0 N–H and O–H groups in total. The maximum absolute atomic E-state index is 12.2. The average molecular weight is 431 g/mol. The molecule has 3 heterocycles. The van der Waals surface area contributed by atoms with E-state index in [-0.39, 0.29) is 19.0 Å². The zero-order chi connectivity index (χ0) is 19.5. The number of benzene rings is 1. The van der Waals surface area contributed by atoms with Crippen LogP contribution in [0.3, 0.4) is 0 Å². The molecule has 0 amide bonds. The smallest absolute Gasteiger partial charge is 0.312 e. The molecule has 1 aromatic carbocycles. The highest BCUT2D eigenvalue weighted by Crippen LogP contribution is 2.28. The number of aromatic nitrogens is 2. The summed E-state index contributed by atoms with van der Waals surface area (Å²) >= 11 is 9.39. The van der Waals surface area contributed by atoms with E-state index in [1.807, 2.05) is 47.2 Å². The second-order valence-corrected chi connectivity index (χ2v) is 8.12. The third kappa shape index (κ3) is 4.16. The summed E-state index contributed by atoms with van der Waals surface area (Å²) in [5.74, 6) is 0.356. The topological polar surface area (TPSA) is 61.3 Å². The number of ether oxygens (including phenoxy) is 2. The predicted molar refractivity (Wildman–Crippen MR) is 112 cm³/mol. The van der Waals surface area contributed by atoms with Crippen LogP contribution in [0.2, 0.25) is 5.15 Å². The largest absolute Gasteiger partial charge is 0.497 e. The molecule has 0 saturated heterocycles. The highest BCUT2D eigenvalue weighted by Gasteiger charge is 2.13. The number of methoxy groups -OCH3 is 1. The number of pyridine rings is 1. The molecule has 0 unspecified atom stereocenters. The zero-order valence-electron chi connectivity index (χ0n) is 14.8. The summed E-state index contributed by atoms with van der Waals surface area (Å²) in [5, 5.41) is 6.00. The van der Waals surface area contributed by atoms with E-state index in [0.29, 0.717) is 22.2 Å². The first-order chi connectivity index (χ1) is 13.6. The Bertz CT molecular complexity index is 1130. The van der Waals surface area contributed by atoms with Crippen LogP contribution in [0.4, 0.5) is 0 Å². The van der Waals surface area contributed by atoms with Crippen LogP contribution in [0.1, 0.15) is 11.3 Å². The first kappa shape index (κ1) is 18.9. The minimum Gasteiger partial charge on any atom is -0.497 e. The van der Waals surface area contributed by atoms with Crippen molar-refractivity contribution in [1.82, 2.24) is 9.97 Å².